The van der Waals surface area contributed by atoms with Crippen molar-refractivity contribution in [3.63, 3.8) is 0 Å². The van der Waals surface area contributed by atoms with E-state index < -0.39 is 0 Å². The lowest BCUT2D eigenvalue weighted by molar-refractivity contribution is -0.117. The number of aryl methyl sites for hydroxylation is 1. The number of phenols is 1. The van der Waals surface area contributed by atoms with Gasteiger partial charge in [-0.25, -0.2) is 0 Å². The molecule has 0 saturated carbocycles. The van der Waals surface area contributed by atoms with Gasteiger partial charge in [0, 0.05) is 24.3 Å². The molecule has 23 heavy (non-hydrogen) atoms. The van der Waals surface area contributed by atoms with Crippen LogP contribution >= 0.6 is 0 Å². The predicted octanol–water partition coefficient (Wildman–Crippen LogP) is 3.08. The number of rotatable bonds is 3. The Hall–Kier alpha value is -2.82. The number of carbonyl (C=O) groups is 2. The molecule has 0 radical (unpaired) electrons. The summed E-state index contributed by atoms with van der Waals surface area (Å²) in [7, 11) is 0. The molecule has 0 aromatic heterocycles. The van der Waals surface area contributed by atoms with Crippen LogP contribution in [0.5, 0.6) is 5.75 Å². The quantitative estimate of drug-likeness (QED) is 0.915. The summed E-state index contributed by atoms with van der Waals surface area (Å²) in [6.07, 6.45) is 1.42. The maximum absolute atomic E-state index is 12.3. The van der Waals surface area contributed by atoms with Gasteiger partial charge in [-0.3, -0.25) is 9.59 Å². The van der Waals surface area contributed by atoms with E-state index in [-0.39, 0.29) is 23.1 Å². The Morgan fingerprint density at radius 3 is 2.74 bits per heavy atom. The topological polar surface area (TPSA) is 69.6 Å². The summed E-state index contributed by atoms with van der Waals surface area (Å²) in [5.41, 5.74) is 2.47. The second-order valence-corrected chi connectivity index (χ2v) is 5.67. The van der Waals surface area contributed by atoms with Gasteiger partial charge in [-0.2, -0.15) is 0 Å². The van der Waals surface area contributed by atoms with Crippen molar-refractivity contribution in [2.24, 2.45) is 0 Å². The lowest BCUT2D eigenvalue weighted by atomic mass is 10.1. The largest absolute Gasteiger partial charge is 0.507 e. The average molecular weight is 310 g/mol. The third kappa shape index (κ3) is 3.18. The first-order valence-corrected chi connectivity index (χ1v) is 7.56. The first-order valence-electron chi connectivity index (χ1n) is 7.56. The molecular formula is C18H18N2O3. The highest BCUT2D eigenvalue weighted by Gasteiger charge is 2.22. The van der Waals surface area contributed by atoms with Crippen molar-refractivity contribution in [2.45, 2.75) is 19.8 Å². The summed E-state index contributed by atoms with van der Waals surface area (Å²) in [6.45, 7) is 2.55. The molecular weight excluding hydrogens is 292 g/mol. The normalized spacial score (nSPS) is 14.1. The van der Waals surface area contributed by atoms with E-state index in [9.17, 15) is 14.7 Å². The molecule has 0 spiro atoms. The highest BCUT2D eigenvalue weighted by Crippen LogP contribution is 2.25. The lowest BCUT2D eigenvalue weighted by Crippen LogP contribution is -2.23. The number of nitrogens with one attached hydrogen (secondary N) is 1. The third-order valence-electron chi connectivity index (χ3n) is 3.89. The Morgan fingerprint density at radius 2 is 2.04 bits per heavy atom. The number of hydrogen-bond acceptors (Lipinski definition) is 3. The van der Waals surface area contributed by atoms with Gasteiger partial charge in [0.2, 0.25) is 5.91 Å². The van der Waals surface area contributed by atoms with E-state index in [0.29, 0.717) is 18.7 Å². The van der Waals surface area contributed by atoms with Crippen molar-refractivity contribution in [3.8, 4) is 5.75 Å². The number of benzene rings is 2. The second-order valence-electron chi connectivity index (χ2n) is 5.67. The van der Waals surface area contributed by atoms with E-state index in [0.717, 1.165) is 17.7 Å². The van der Waals surface area contributed by atoms with Gasteiger partial charge in [0.05, 0.1) is 5.56 Å². The summed E-state index contributed by atoms with van der Waals surface area (Å²) in [5.74, 6) is -0.328. The molecule has 2 amide bonds. The minimum absolute atomic E-state index is 0.0478. The third-order valence-corrected chi connectivity index (χ3v) is 3.89. The molecule has 3 rings (SSSR count). The van der Waals surface area contributed by atoms with E-state index in [1.807, 2.05) is 13.0 Å². The van der Waals surface area contributed by atoms with Crippen molar-refractivity contribution in [1.29, 1.82) is 0 Å². The number of phenolic OH excluding ortho intramolecular Hbond substituents is 1. The summed E-state index contributed by atoms with van der Waals surface area (Å²) in [4.78, 5) is 25.8. The molecule has 1 aliphatic heterocycles. The summed E-state index contributed by atoms with van der Waals surface area (Å²) in [6, 6.07) is 12.1. The van der Waals surface area contributed by atoms with Gasteiger partial charge < -0.3 is 15.3 Å². The Bertz CT molecular complexity index is 771. The first kappa shape index (κ1) is 15.1. The van der Waals surface area contributed by atoms with Crippen molar-refractivity contribution in [3.05, 3.63) is 53.6 Å². The number of hydrogen-bond donors (Lipinski definition) is 2. The second kappa shape index (κ2) is 6.12. The smallest absolute Gasteiger partial charge is 0.259 e. The van der Waals surface area contributed by atoms with Gasteiger partial charge in [0.15, 0.2) is 0 Å². The minimum atomic E-state index is -0.382. The van der Waals surface area contributed by atoms with E-state index in [1.165, 1.54) is 0 Å². The number of aromatic hydroxyl groups is 1. The SMILES string of the molecule is Cc1ccc(C(=O)Nc2cccc(N3CCCC3=O)c2)c(O)c1. The molecule has 5 nitrogen and oxygen atoms in total. The minimum Gasteiger partial charge on any atom is -0.507 e. The van der Waals surface area contributed by atoms with Crippen molar-refractivity contribution in [2.75, 3.05) is 16.8 Å². The van der Waals surface area contributed by atoms with Crippen LogP contribution in [0.4, 0.5) is 11.4 Å². The maximum Gasteiger partial charge on any atom is 0.259 e. The van der Waals surface area contributed by atoms with Gasteiger partial charge in [0.25, 0.3) is 5.91 Å². The molecule has 1 saturated heterocycles. The molecule has 118 valence electrons. The van der Waals surface area contributed by atoms with Crippen LogP contribution in [-0.2, 0) is 4.79 Å². The Labute approximate surface area is 134 Å². The van der Waals surface area contributed by atoms with Gasteiger partial charge in [-0.1, -0.05) is 12.1 Å². The number of anilines is 2. The van der Waals surface area contributed by atoms with Gasteiger partial charge in [0.1, 0.15) is 5.75 Å². The van der Waals surface area contributed by atoms with Crippen molar-refractivity contribution in [1.82, 2.24) is 0 Å². The van der Waals surface area contributed by atoms with Crippen LogP contribution < -0.4 is 10.2 Å². The first-order chi connectivity index (χ1) is 11.0. The molecule has 1 aliphatic rings. The molecule has 5 heteroatoms. The Kier molecular flexibility index (Phi) is 4.02. The van der Waals surface area contributed by atoms with E-state index in [4.69, 9.17) is 0 Å². The van der Waals surface area contributed by atoms with Crippen LogP contribution in [0.25, 0.3) is 0 Å². The van der Waals surface area contributed by atoms with Crippen LogP contribution in [0, 0.1) is 6.92 Å². The number of nitrogens with zero attached hydrogens (tertiary/aromatic N) is 1. The standard InChI is InChI=1S/C18H18N2O3/c1-12-7-8-15(16(21)10-12)18(23)19-13-4-2-5-14(11-13)20-9-3-6-17(20)22/h2,4-5,7-8,10-11,21H,3,6,9H2,1H3,(H,19,23). The predicted molar refractivity (Wildman–Crippen MR) is 88.8 cm³/mol. The van der Waals surface area contributed by atoms with E-state index in [1.54, 1.807) is 41.3 Å². The van der Waals surface area contributed by atoms with Gasteiger partial charge in [-0.05, 0) is 49.2 Å². The van der Waals surface area contributed by atoms with E-state index in [2.05, 4.69) is 5.32 Å². The average Bonchev–Trinajstić information content (AvgIpc) is 2.93. The fourth-order valence-corrected chi connectivity index (χ4v) is 2.70. The Morgan fingerprint density at radius 1 is 1.22 bits per heavy atom. The molecule has 0 bridgehead atoms. The fourth-order valence-electron chi connectivity index (χ4n) is 2.70. The van der Waals surface area contributed by atoms with Crippen LogP contribution in [0.3, 0.4) is 0 Å². The Balaban J connectivity index is 1.80. The number of carbonyl (C=O) groups excluding carboxylic acids is 2. The highest BCUT2D eigenvalue weighted by atomic mass is 16.3. The number of amides is 2. The molecule has 0 atom stereocenters. The maximum atomic E-state index is 12.3. The molecule has 0 unspecified atom stereocenters. The molecule has 2 N–H and O–H groups in total. The molecule has 2 aromatic rings. The van der Waals surface area contributed by atoms with Crippen LogP contribution in [0.2, 0.25) is 0 Å². The summed E-state index contributed by atoms with van der Waals surface area (Å²) < 4.78 is 0. The van der Waals surface area contributed by atoms with Crippen molar-refractivity contribution < 1.29 is 14.7 Å². The zero-order valence-electron chi connectivity index (χ0n) is 12.9. The zero-order chi connectivity index (χ0) is 16.4. The molecule has 1 heterocycles. The molecule has 0 aliphatic carbocycles. The van der Waals surface area contributed by atoms with Crippen LogP contribution in [0.15, 0.2) is 42.5 Å². The molecule has 2 aromatic carbocycles. The fraction of sp³-hybridized carbons (Fsp3) is 0.222. The van der Waals surface area contributed by atoms with Crippen LogP contribution in [0.1, 0.15) is 28.8 Å². The van der Waals surface area contributed by atoms with Crippen molar-refractivity contribution >= 4 is 23.2 Å². The lowest BCUT2D eigenvalue weighted by Gasteiger charge is -2.17. The van der Waals surface area contributed by atoms with Gasteiger partial charge >= 0.3 is 0 Å². The molecule has 1 fully saturated rings. The van der Waals surface area contributed by atoms with Crippen LogP contribution in [-0.4, -0.2) is 23.5 Å². The van der Waals surface area contributed by atoms with Gasteiger partial charge in [-0.15, -0.1) is 0 Å². The highest BCUT2D eigenvalue weighted by molar-refractivity contribution is 6.06. The monoisotopic (exact) mass is 310 g/mol. The van der Waals surface area contributed by atoms with E-state index >= 15 is 0 Å². The summed E-state index contributed by atoms with van der Waals surface area (Å²) >= 11 is 0. The zero-order valence-corrected chi connectivity index (χ0v) is 12.9. The summed E-state index contributed by atoms with van der Waals surface area (Å²) in [5, 5.41) is 12.6.